The Kier molecular flexibility index (Phi) is 7.02. The molecule has 2 aromatic rings. The number of halogens is 1. The van der Waals surface area contributed by atoms with Crippen molar-refractivity contribution < 1.29 is 19.3 Å². The van der Waals surface area contributed by atoms with E-state index < -0.39 is 6.03 Å². The molecule has 1 heterocycles. The van der Waals surface area contributed by atoms with Gasteiger partial charge in [0, 0.05) is 16.5 Å². The summed E-state index contributed by atoms with van der Waals surface area (Å²) < 4.78 is 6.12. The van der Waals surface area contributed by atoms with Crippen LogP contribution < -0.4 is 16.0 Å². The van der Waals surface area contributed by atoms with Crippen LogP contribution in [0.4, 0.5) is 4.79 Å². The third-order valence-corrected chi connectivity index (χ3v) is 4.11. The van der Waals surface area contributed by atoms with E-state index in [4.69, 9.17) is 4.42 Å². The van der Waals surface area contributed by atoms with E-state index in [9.17, 15) is 9.59 Å². The Labute approximate surface area is 149 Å². The average Bonchev–Trinajstić information content (AvgIpc) is 3.08. The van der Waals surface area contributed by atoms with Gasteiger partial charge in [0.1, 0.15) is 11.8 Å². The largest absolute Gasteiger partial charge is 0.467 e. The van der Waals surface area contributed by atoms with Crippen LogP contribution in [-0.2, 0) is 11.3 Å². The van der Waals surface area contributed by atoms with Crippen LogP contribution in [0.5, 0.6) is 0 Å². The van der Waals surface area contributed by atoms with Gasteiger partial charge in [-0.2, -0.15) is 0 Å². The van der Waals surface area contributed by atoms with E-state index in [0.29, 0.717) is 5.76 Å². The van der Waals surface area contributed by atoms with Crippen LogP contribution in [0.15, 0.2) is 51.6 Å². The number of imide groups is 1. The van der Waals surface area contributed by atoms with Crippen molar-refractivity contribution in [3.8, 4) is 0 Å². The number of hydrogen-bond acceptors (Lipinski definition) is 3. The molecular weight excluding hydrogens is 374 g/mol. The fraction of sp³-hybridized carbons (Fsp3) is 0.294. The molecule has 0 fully saturated rings. The van der Waals surface area contributed by atoms with Crippen molar-refractivity contribution in [1.82, 2.24) is 10.6 Å². The van der Waals surface area contributed by atoms with E-state index in [1.165, 1.54) is 6.26 Å². The van der Waals surface area contributed by atoms with Crippen molar-refractivity contribution in [2.75, 3.05) is 6.54 Å². The number of carbonyl (C=O) groups excluding carboxylic acids is 2. The normalized spacial score (nSPS) is 11.8. The molecule has 0 radical (unpaired) electrons. The summed E-state index contributed by atoms with van der Waals surface area (Å²) in [7, 11) is 0. The van der Waals surface area contributed by atoms with Gasteiger partial charge >= 0.3 is 6.03 Å². The number of furan rings is 1. The van der Waals surface area contributed by atoms with Crippen LogP contribution in [0.1, 0.15) is 30.7 Å². The molecule has 7 heteroatoms. The maximum absolute atomic E-state index is 11.9. The zero-order chi connectivity index (χ0) is 17.4. The third kappa shape index (κ3) is 5.82. The molecule has 1 aromatic heterocycles. The Bertz CT molecular complexity index is 656. The number of urea groups is 1. The summed E-state index contributed by atoms with van der Waals surface area (Å²) in [5.41, 5.74) is 1.15. The fourth-order valence-electron chi connectivity index (χ4n) is 2.30. The van der Waals surface area contributed by atoms with E-state index in [0.717, 1.165) is 16.5 Å². The SMILES string of the molecule is CC[C@@H]([NH2+]CC(=O)NC(=O)NCc1ccco1)c1ccc(Br)cc1. The molecule has 0 bridgehead atoms. The first-order valence-electron chi connectivity index (χ1n) is 7.77. The summed E-state index contributed by atoms with van der Waals surface area (Å²) in [6.45, 7) is 2.49. The van der Waals surface area contributed by atoms with Crippen LogP contribution in [-0.4, -0.2) is 18.5 Å². The van der Waals surface area contributed by atoms with Crippen molar-refractivity contribution in [2.24, 2.45) is 0 Å². The number of quaternary nitrogens is 1. The van der Waals surface area contributed by atoms with E-state index >= 15 is 0 Å². The van der Waals surface area contributed by atoms with Gasteiger partial charge in [-0.1, -0.05) is 35.0 Å². The molecule has 4 N–H and O–H groups in total. The first-order valence-corrected chi connectivity index (χ1v) is 8.56. The number of amides is 3. The molecule has 0 spiro atoms. The van der Waals surface area contributed by atoms with Gasteiger partial charge in [0.05, 0.1) is 12.8 Å². The molecule has 1 aromatic carbocycles. The van der Waals surface area contributed by atoms with Crippen LogP contribution in [0.2, 0.25) is 0 Å². The van der Waals surface area contributed by atoms with Crippen LogP contribution >= 0.6 is 15.9 Å². The number of benzene rings is 1. The molecule has 3 amide bonds. The lowest BCUT2D eigenvalue weighted by Gasteiger charge is -2.14. The van der Waals surface area contributed by atoms with Gasteiger partial charge in [0.15, 0.2) is 6.54 Å². The highest BCUT2D eigenvalue weighted by Crippen LogP contribution is 2.16. The van der Waals surface area contributed by atoms with Crippen molar-refractivity contribution in [2.45, 2.75) is 25.9 Å². The Morgan fingerprint density at radius 3 is 2.62 bits per heavy atom. The highest BCUT2D eigenvalue weighted by molar-refractivity contribution is 9.10. The standard InChI is InChI=1S/C17H20BrN3O3/c1-2-15(12-5-7-13(18)8-6-12)19-11-16(22)21-17(23)20-10-14-4-3-9-24-14/h3-9,15,19H,2,10-11H2,1H3,(H2,20,21,22,23)/p+1/t15-/m1/s1. The molecule has 6 nitrogen and oxygen atoms in total. The van der Waals surface area contributed by atoms with E-state index in [1.54, 1.807) is 12.1 Å². The van der Waals surface area contributed by atoms with Gasteiger partial charge in [0.2, 0.25) is 0 Å². The summed E-state index contributed by atoms with van der Waals surface area (Å²) >= 11 is 3.41. The molecule has 24 heavy (non-hydrogen) atoms. The Morgan fingerprint density at radius 1 is 1.25 bits per heavy atom. The van der Waals surface area contributed by atoms with E-state index in [2.05, 4.69) is 33.5 Å². The number of rotatable bonds is 7. The minimum Gasteiger partial charge on any atom is -0.467 e. The summed E-state index contributed by atoms with van der Waals surface area (Å²) in [6.07, 6.45) is 2.42. The summed E-state index contributed by atoms with van der Waals surface area (Å²) in [5, 5.41) is 6.81. The molecule has 2 rings (SSSR count). The molecule has 1 atom stereocenters. The first-order chi connectivity index (χ1) is 11.6. The molecule has 0 aliphatic heterocycles. The number of hydrogen-bond donors (Lipinski definition) is 3. The van der Waals surface area contributed by atoms with Gasteiger partial charge in [-0.05, 0) is 24.3 Å². The second-order valence-corrected chi connectivity index (χ2v) is 6.23. The molecule has 128 valence electrons. The highest BCUT2D eigenvalue weighted by Gasteiger charge is 2.16. The van der Waals surface area contributed by atoms with Crippen LogP contribution in [0.25, 0.3) is 0 Å². The van der Waals surface area contributed by atoms with Crippen LogP contribution in [0.3, 0.4) is 0 Å². The van der Waals surface area contributed by atoms with Crippen molar-refractivity contribution in [1.29, 1.82) is 0 Å². The predicted octanol–water partition coefficient (Wildman–Crippen LogP) is 2.08. The summed E-state index contributed by atoms with van der Waals surface area (Å²) in [4.78, 5) is 23.6. The molecular formula is C17H21BrN3O3+. The maximum Gasteiger partial charge on any atom is 0.321 e. The highest BCUT2D eigenvalue weighted by atomic mass is 79.9. The molecule has 0 aliphatic carbocycles. The summed E-state index contributed by atoms with van der Waals surface area (Å²) in [6, 6.07) is 11.2. The topological polar surface area (TPSA) is 88.0 Å². The Hall–Kier alpha value is -2.12. The van der Waals surface area contributed by atoms with Gasteiger partial charge in [0.25, 0.3) is 5.91 Å². The number of nitrogens with one attached hydrogen (secondary N) is 2. The number of carbonyl (C=O) groups is 2. The summed E-state index contributed by atoms with van der Waals surface area (Å²) in [5.74, 6) is 0.299. The van der Waals surface area contributed by atoms with Gasteiger partial charge in [-0.15, -0.1) is 0 Å². The Balaban J connectivity index is 1.74. The number of nitrogens with two attached hydrogens (primary N) is 1. The Morgan fingerprint density at radius 2 is 2.00 bits per heavy atom. The van der Waals surface area contributed by atoms with Gasteiger partial charge < -0.3 is 15.1 Å². The second-order valence-electron chi connectivity index (χ2n) is 5.32. The first kappa shape index (κ1) is 18.2. The smallest absolute Gasteiger partial charge is 0.321 e. The zero-order valence-electron chi connectivity index (χ0n) is 13.4. The monoisotopic (exact) mass is 394 g/mol. The molecule has 0 unspecified atom stereocenters. The molecule has 0 saturated carbocycles. The predicted molar refractivity (Wildman–Crippen MR) is 93.1 cm³/mol. The van der Waals surface area contributed by atoms with Crippen LogP contribution in [0, 0.1) is 0 Å². The lowest BCUT2D eigenvalue weighted by atomic mass is 10.0. The molecule has 0 saturated heterocycles. The van der Waals surface area contributed by atoms with E-state index in [1.807, 2.05) is 29.6 Å². The average molecular weight is 395 g/mol. The third-order valence-electron chi connectivity index (χ3n) is 3.58. The zero-order valence-corrected chi connectivity index (χ0v) is 15.0. The van der Waals surface area contributed by atoms with Crippen molar-refractivity contribution >= 4 is 27.9 Å². The fourth-order valence-corrected chi connectivity index (χ4v) is 2.56. The quantitative estimate of drug-likeness (QED) is 0.671. The second kappa shape index (κ2) is 9.24. The molecule has 0 aliphatic rings. The lowest BCUT2D eigenvalue weighted by molar-refractivity contribution is -0.686. The van der Waals surface area contributed by atoms with Gasteiger partial charge in [-0.3, -0.25) is 10.1 Å². The van der Waals surface area contributed by atoms with Gasteiger partial charge in [-0.25, -0.2) is 4.79 Å². The minimum atomic E-state index is -0.526. The maximum atomic E-state index is 11.9. The van der Waals surface area contributed by atoms with Crippen molar-refractivity contribution in [3.63, 3.8) is 0 Å². The van der Waals surface area contributed by atoms with E-state index in [-0.39, 0.29) is 25.0 Å². The minimum absolute atomic E-state index is 0.176. The lowest BCUT2D eigenvalue weighted by Crippen LogP contribution is -2.87. The van der Waals surface area contributed by atoms with Crippen molar-refractivity contribution in [3.05, 3.63) is 58.5 Å².